The molecule has 0 N–H and O–H groups in total. The van der Waals surface area contributed by atoms with Crippen LogP contribution in [0.15, 0.2) is 28.4 Å². The molecule has 1 fully saturated rings. The zero-order chi connectivity index (χ0) is 16.0. The average molecular weight is 317 g/mol. The molecule has 2 aliphatic heterocycles. The first-order chi connectivity index (χ1) is 10.3. The number of anilines is 1. The summed E-state index contributed by atoms with van der Waals surface area (Å²) in [6, 6.07) is 3.67. The van der Waals surface area contributed by atoms with E-state index in [9.17, 15) is 22.0 Å². The molecule has 2 aliphatic rings. The first kappa shape index (κ1) is 14.9. The Morgan fingerprint density at radius 1 is 1.14 bits per heavy atom. The van der Waals surface area contributed by atoms with Crippen LogP contribution in [-0.4, -0.2) is 30.9 Å². The fourth-order valence-electron chi connectivity index (χ4n) is 2.52. The first-order valence-corrected chi connectivity index (χ1v) is 6.69. The Labute approximate surface area is 123 Å². The van der Waals surface area contributed by atoms with Gasteiger partial charge in [-0.2, -0.15) is 23.4 Å². The lowest BCUT2D eigenvalue weighted by Crippen LogP contribution is -2.56. The molecule has 0 spiro atoms. The number of benzene rings is 1. The highest BCUT2D eigenvalue weighted by atomic mass is 19.4. The number of alkyl halides is 5. The SMILES string of the molecule is FC1(F)CN(c2ccc(C3=NN=CCC3)cc2C(F)(F)F)C1. The molecule has 2 heterocycles. The Morgan fingerprint density at radius 2 is 1.86 bits per heavy atom. The second kappa shape index (κ2) is 5.03. The van der Waals surface area contributed by atoms with Gasteiger partial charge in [0.25, 0.3) is 5.92 Å². The molecular weight excluding hydrogens is 305 g/mol. The number of rotatable bonds is 2. The Bertz CT molecular complexity index is 640. The van der Waals surface area contributed by atoms with Gasteiger partial charge in [-0.1, -0.05) is 6.07 Å². The van der Waals surface area contributed by atoms with E-state index in [4.69, 9.17) is 0 Å². The molecule has 118 valence electrons. The van der Waals surface area contributed by atoms with Crippen molar-refractivity contribution in [2.75, 3.05) is 18.0 Å². The van der Waals surface area contributed by atoms with Crippen molar-refractivity contribution >= 4 is 17.6 Å². The fourth-order valence-corrected chi connectivity index (χ4v) is 2.52. The summed E-state index contributed by atoms with van der Waals surface area (Å²) in [5, 5.41) is 7.54. The maximum atomic E-state index is 13.2. The minimum absolute atomic E-state index is 0.220. The van der Waals surface area contributed by atoms with Crippen molar-refractivity contribution in [1.82, 2.24) is 0 Å². The van der Waals surface area contributed by atoms with Crippen molar-refractivity contribution in [1.29, 1.82) is 0 Å². The molecule has 0 aliphatic carbocycles. The van der Waals surface area contributed by atoms with Gasteiger partial charge in [-0.15, -0.1) is 0 Å². The maximum Gasteiger partial charge on any atom is 0.418 e. The van der Waals surface area contributed by atoms with Crippen molar-refractivity contribution in [2.45, 2.75) is 24.9 Å². The van der Waals surface area contributed by atoms with Gasteiger partial charge >= 0.3 is 6.18 Å². The van der Waals surface area contributed by atoms with Crippen molar-refractivity contribution < 1.29 is 22.0 Å². The molecule has 22 heavy (non-hydrogen) atoms. The predicted octanol–water partition coefficient (Wildman–Crippen LogP) is 3.73. The maximum absolute atomic E-state index is 13.2. The van der Waals surface area contributed by atoms with Gasteiger partial charge in [-0.3, -0.25) is 0 Å². The smallest absolute Gasteiger partial charge is 0.359 e. The summed E-state index contributed by atoms with van der Waals surface area (Å²) in [7, 11) is 0. The summed E-state index contributed by atoms with van der Waals surface area (Å²) >= 11 is 0. The number of nitrogens with zero attached hydrogens (tertiary/aromatic N) is 3. The molecule has 0 saturated carbocycles. The summed E-state index contributed by atoms with van der Waals surface area (Å²) in [5.74, 6) is -2.93. The van der Waals surface area contributed by atoms with Gasteiger partial charge < -0.3 is 4.90 Å². The lowest BCUT2D eigenvalue weighted by atomic mass is 9.99. The minimum Gasteiger partial charge on any atom is -0.359 e. The molecule has 0 unspecified atom stereocenters. The van der Waals surface area contributed by atoms with Crippen LogP contribution in [0.25, 0.3) is 0 Å². The Hall–Kier alpha value is -1.99. The van der Waals surface area contributed by atoms with E-state index >= 15 is 0 Å². The standard InChI is InChI=1S/C14H12F5N3/c15-13(16)7-22(8-13)12-4-3-9(6-10(12)14(17,18)19)11-2-1-5-20-21-11/h3-6H,1-2,7-8H2. The first-order valence-electron chi connectivity index (χ1n) is 6.69. The molecule has 0 radical (unpaired) electrons. The number of hydrogen-bond donors (Lipinski definition) is 0. The summed E-state index contributed by atoms with van der Waals surface area (Å²) < 4.78 is 65.5. The Balaban J connectivity index is 1.98. The van der Waals surface area contributed by atoms with Crippen molar-refractivity contribution in [3.8, 4) is 0 Å². The van der Waals surface area contributed by atoms with Gasteiger partial charge in [0.1, 0.15) is 0 Å². The highest BCUT2D eigenvalue weighted by Crippen LogP contribution is 2.41. The summed E-state index contributed by atoms with van der Waals surface area (Å²) in [4.78, 5) is 1.04. The quantitative estimate of drug-likeness (QED) is 0.764. The summed E-state index contributed by atoms with van der Waals surface area (Å²) in [6.07, 6.45) is -1.92. The Kier molecular flexibility index (Phi) is 3.41. The van der Waals surface area contributed by atoms with E-state index < -0.39 is 30.8 Å². The van der Waals surface area contributed by atoms with E-state index in [2.05, 4.69) is 10.2 Å². The van der Waals surface area contributed by atoms with Gasteiger partial charge in [-0.25, -0.2) is 8.78 Å². The van der Waals surface area contributed by atoms with Gasteiger partial charge in [0.2, 0.25) is 0 Å². The van der Waals surface area contributed by atoms with E-state index in [1.165, 1.54) is 12.1 Å². The molecule has 8 heteroatoms. The van der Waals surface area contributed by atoms with E-state index in [0.717, 1.165) is 11.0 Å². The van der Waals surface area contributed by atoms with Crippen molar-refractivity contribution in [3.63, 3.8) is 0 Å². The van der Waals surface area contributed by atoms with E-state index in [-0.39, 0.29) is 5.69 Å². The molecule has 1 aromatic rings. The van der Waals surface area contributed by atoms with Crippen LogP contribution < -0.4 is 4.90 Å². The Morgan fingerprint density at radius 3 is 2.41 bits per heavy atom. The zero-order valence-electron chi connectivity index (χ0n) is 11.4. The number of hydrogen-bond acceptors (Lipinski definition) is 3. The van der Waals surface area contributed by atoms with Gasteiger partial charge in [0.05, 0.1) is 24.4 Å². The molecule has 1 saturated heterocycles. The van der Waals surface area contributed by atoms with Crippen LogP contribution in [0.2, 0.25) is 0 Å². The summed E-state index contributed by atoms with van der Waals surface area (Å²) in [6.45, 7) is -1.39. The second-order valence-electron chi connectivity index (χ2n) is 5.33. The lowest BCUT2D eigenvalue weighted by Gasteiger charge is -2.41. The monoisotopic (exact) mass is 317 g/mol. The van der Waals surface area contributed by atoms with E-state index in [1.54, 1.807) is 6.21 Å². The molecular formula is C14H12F5N3. The van der Waals surface area contributed by atoms with Crippen LogP contribution in [0.1, 0.15) is 24.0 Å². The summed E-state index contributed by atoms with van der Waals surface area (Å²) in [5.41, 5.74) is -0.353. The van der Waals surface area contributed by atoms with Crippen LogP contribution in [0.5, 0.6) is 0 Å². The minimum atomic E-state index is -4.62. The van der Waals surface area contributed by atoms with Gasteiger partial charge in [0.15, 0.2) is 0 Å². The zero-order valence-corrected chi connectivity index (χ0v) is 11.4. The molecule has 0 amide bonds. The highest BCUT2D eigenvalue weighted by Gasteiger charge is 2.46. The second-order valence-corrected chi connectivity index (χ2v) is 5.33. The highest BCUT2D eigenvalue weighted by molar-refractivity contribution is 6.02. The normalized spacial score (nSPS) is 20.6. The molecule has 0 aromatic heterocycles. The molecule has 1 aromatic carbocycles. The van der Waals surface area contributed by atoms with Crippen LogP contribution in [0.3, 0.4) is 0 Å². The molecule has 0 bridgehead atoms. The fraction of sp³-hybridized carbons (Fsp3) is 0.429. The molecule has 3 rings (SSSR count). The van der Waals surface area contributed by atoms with Crippen LogP contribution in [-0.2, 0) is 6.18 Å². The molecule has 0 atom stereocenters. The predicted molar refractivity (Wildman–Crippen MR) is 72.9 cm³/mol. The van der Waals surface area contributed by atoms with Crippen LogP contribution in [0, 0.1) is 0 Å². The van der Waals surface area contributed by atoms with E-state index in [0.29, 0.717) is 24.1 Å². The van der Waals surface area contributed by atoms with Crippen LogP contribution >= 0.6 is 0 Å². The third-order valence-corrected chi connectivity index (χ3v) is 3.59. The van der Waals surface area contributed by atoms with Gasteiger partial charge in [0, 0.05) is 11.9 Å². The third kappa shape index (κ3) is 2.82. The van der Waals surface area contributed by atoms with E-state index in [1.807, 2.05) is 0 Å². The largest absolute Gasteiger partial charge is 0.418 e. The van der Waals surface area contributed by atoms with Crippen molar-refractivity contribution in [2.24, 2.45) is 10.2 Å². The third-order valence-electron chi connectivity index (χ3n) is 3.59. The van der Waals surface area contributed by atoms with Crippen LogP contribution in [0.4, 0.5) is 27.6 Å². The number of halogens is 5. The van der Waals surface area contributed by atoms with Crippen molar-refractivity contribution in [3.05, 3.63) is 29.3 Å². The topological polar surface area (TPSA) is 28.0 Å². The average Bonchev–Trinajstić information content (AvgIpc) is 2.44. The molecule has 3 nitrogen and oxygen atoms in total. The van der Waals surface area contributed by atoms with Gasteiger partial charge in [-0.05, 0) is 30.5 Å². The lowest BCUT2D eigenvalue weighted by molar-refractivity contribution is -0.137.